The smallest absolute Gasteiger partial charge is 0.331 e. The van der Waals surface area contributed by atoms with Crippen molar-refractivity contribution in [3.8, 4) is 28.4 Å². The zero-order chi connectivity index (χ0) is 31.8. The summed E-state index contributed by atoms with van der Waals surface area (Å²) in [4.78, 5) is 24.9. The third kappa shape index (κ3) is 4.96. The number of hydrogen-bond donors (Lipinski definition) is 4. The molecule has 0 saturated carbocycles. The molecule has 1 spiro atoms. The van der Waals surface area contributed by atoms with Crippen LogP contribution in [-0.4, -0.2) is 27.3 Å². The number of nitrogens with two attached hydrogens (primary N) is 1. The van der Waals surface area contributed by atoms with Gasteiger partial charge in [0.1, 0.15) is 23.8 Å². The van der Waals surface area contributed by atoms with Crippen molar-refractivity contribution in [3.63, 3.8) is 0 Å². The van der Waals surface area contributed by atoms with Gasteiger partial charge in [0, 0.05) is 40.9 Å². The number of rotatable bonds is 7. The number of nitrogens with one attached hydrogen (secondary N) is 2. The van der Waals surface area contributed by atoms with Gasteiger partial charge in [-0.05, 0) is 42.4 Å². The summed E-state index contributed by atoms with van der Waals surface area (Å²) in [5.41, 5.74) is 9.64. The Morgan fingerprint density at radius 2 is 1.50 bits per heavy atom. The van der Waals surface area contributed by atoms with Crippen molar-refractivity contribution < 1.29 is 28.9 Å². The summed E-state index contributed by atoms with van der Waals surface area (Å²) in [6, 6.07) is 31.8. The number of aliphatic carboxylic acids is 1. The third-order valence-corrected chi connectivity index (χ3v) is 8.31. The molecule has 11 heteroatoms. The van der Waals surface area contributed by atoms with Gasteiger partial charge in [-0.1, -0.05) is 77.9 Å². The van der Waals surface area contributed by atoms with Gasteiger partial charge < -0.3 is 25.2 Å². The average Bonchev–Trinajstić information content (AvgIpc) is 3.33. The van der Waals surface area contributed by atoms with E-state index in [0.29, 0.717) is 53.1 Å². The first-order valence-corrected chi connectivity index (χ1v) is 15.0. The predicted molar refractivity (Wildman–Crippen MR) is 176 cm³/mol. The van der Waals surface area contributed by atoms with Crippen molar-refractivity contribution in [3.05, 3.63) is 120 Å². The number of esters is 1. The Morgan fingerprint density at radius 1 is 0.848 bits per heavy atom. The summed E-state index contributed by atoms with van der Waals surface area (Å²) in [5.74, 6) is 1.15. The average molecular weight is 631 g/mol. The SMILES string of the molecule is Nc1c(-c2ccccc2)cc(NC(=S)Nc2ccc3c(c2)OC(=O)C32c3ccccc3Oc3ccccc32)n[n+]1CCCC(=O)O. The highest BCUT2D eigenvalue weighted by Crippen LogP contribution is 2.57. The molecule has 46 heavy (non-hydrogen) atoms. The largest absolute Gasteiger partial charge is 0.481 e. The molecule has 3 heterocycles. The van der Waals surface area contributed by atoms with Crippen LogP contribution >= 0.6 is 12.2 Å². The number of carbonyl (C=O) groups excluding carboxylic acids is 1. The molecule has 5 aromatic rings. The molecule has 0 bridgehead atoms. The second-order valence-corrected chi connectivity index (χ2v) is 11.3. The van der Waals surface area contributed by atoms with Gasteiger partial charge in [0.25, 0.3) is 0 Å². The summed E-state index contributed by atoms with van der Waals surface area (Å²) in [6.45, 7) is 0.308. The van der Waals surface area contributed by atoms with Crippen LogP contribution in [0.4, 0.5) is 17.3 Å². The highest BCUT2D eigenvalue weighted by molar-refractivity contribution is 7.80. The highest BCUT2D eigenvalue weighted by Gasteiger charge is 2.56. The van der Waals surface area contributed by atoms with Crippen LogP contribution in [0.5, 0.6) is 17.2 Å². The second-order valence-electron chi connectivity index (χ2n) is 10.9. The Bertz CT molecular complexity index is 1990. The lowest BCUT2D eigenvalue weighted by Crippen LogP contribution is -2.42. The van der Waals surface area contributed by atoms with Crippen molar-refractivity contribution in [1.82, 2.24) is 5.10 Å². The number of carbonyl (C=O) groups is 2. The summed E-state index contributed by atoms with van der Waals surface area (Å²) >= 11 is 5.65. The molecule has 228 valence electrons. The number of ether oxygens (including phenoxy) is 2. The number of para-hydroxylation sites is 2. The van der Waals surface area contributed by atoms with E-state index < -0.39 is 17.4 Å². The molecule has 10 nitrogen and oxygen atoms in total. The standard InChI is InChI=1S/C35H27N5O5S/c36-32-23(21-9-2-1-3-10-21)20-30(39-40(32)18-8-15-31(41)42)38-34(46)37-22-16-17-26-29(19-22)45-33(43)35(26)24-11-4-6-13-27(24)44-28-14-7-5-12-25(28)35/h1-7,9-14,16-17,19-20,36H,8,15,18H2,(H3,37,38,39,41,42,46)/p+1. The van der Waals surface area contributed by atoms with E-state index in [1.165, 1.54) is 0 Å². The number of aromatic nitrogens is 2. The van der Waals surface area contributed by atoms with Crippen LogP contribution in [-0.2, 0) is 21.5 Å². The van der Waals surface area contributed by atoms with Crippen LogP contribution in [0.25, 0.3) is 11.1 Å². The molecule has 0 aliphatic carbocycles. The van der Waals surface area contributed by atoms with Crippen molar-refractivity contribution in [1.29, 1.82) is 0 Å². The molecule has 0 radical (unpaired) electrons. The summed E-state index contributed by atoms with van der Waals surface area (Å²) in [7, 11) is 0. The molecule has 1 aromatic heterocycles. The van der Waals surface area contributed by atoms with Crippen LogP contribution in [0.3, 0.4) is 0 Å². The molecule has 2 aliphatic heterocycles. The Labute approximate surface area is 269 Å². The highest BCUT2D eigenvalue weighted by atomic mass is 32.1. The Morgan fingerprint density at radius 3 is 2.20 bits per heavy atom. The number of thiocarbonyl (C=S) groups is 1. The zero-order valence-electron chi connectivity index (χ0n) is 24.4. The summed E-state index contributed by atoms with van der Waals surface area (Å²) in [6.07, 6.45) is 0.342. The van der Waals surface area contributed by atoms with Gasteiger partial charge in [0.15, 0.2) is 16.3 Å². The maximum atomic E-state index is 13.8. The van der Waals surface area contributed by atoms with E-state index in [-0.39, 0.29) is 11.5 Å². The Balaban J connectivity index is 1.18. The third-order valence-electron chi connectivity index (χ3n) is 8.10. The van der Waals surface area contributed by atoms with Gasteiger partial charge in [-0.15, -0.1) is 4.68 Å². The fourth-order valence-electron chi connectivity index (χ4n) is 6.09. The van der Waals surface area contributed by atoms with Gasteiger partial charge >= 0.3 is 17.8 Å². The number of carboxylic acid groups (broad SMARTS) is 1. The summed E-state index contributed by atoms with van der Waals surface area (Å²) in [5, 5.41) is 20.2. The number of anilines is 3. The van der Waals surface area contributed by atoms with Gasteiger partial charge in [-0.25, -0.2) is 4.79 Å². The maximum Gasteiger partial charge on any atom is 0.331 e. The first kappa shape index (κ1) is 28.9. The van der Waals surface area contributed by atoms with Crippen LogP contribution in [0.1, 0.15) is 29.5 Å². The summed E-state index contributed by atoms with van der Waals surface area (Å²) < 4.78 is 13.7. The van der Waals surface area contributed by atoms with E-state index in [2.05, 4.69) is 15.7 Å². The van der Waals surface area contributed by atoms with Crippen LogP contribution in [0.2, 0.25) is 0 Å². The number of carboxylic acids is 1. The van der Waals surface area contributed by atoms with Crippen molar-refractivity contribution >= 4 is 46.6 Å². The lowest BCUT2D eigenvalue weighted by molar-refractivity contribution is -0.739. The number of benzene rings is 4. The number of nitrogen functional groups attached to an aromatic ring is 1. The minimum Gasteiger partial charge on any atom is -0.481 e. The quantitative estimate of drug-likeness (QED) is 0.0772. The fraction of sp³-hybridized carbons (Fsp3) is 0.114. The van der Waals surface area contributed by atoms with E-state index in [1.807, 2.05) is 91.0 Å². The Kier molecular flexibility index (Phi) is 7.30. The van der Waals surface area contributed by atoms with Crippen molar-refractivity contribution in [2.24, 2.45) is 0 Å². The van der Waals surface area contributed by atoms with Gasteiger partial charge in [-0.3, -0.25) is 10.5 Å². The molecule has 0 amide bonds. The van der Waals surface area contributed by atoms with Gasteiger partial charge in [0.05, 0.1) is 5.56 Å². The minimum absolute atomic E-state index is 0.0131. The first-order chi connectivity index (χ1) is 22.3. The minimum atomic E-state index is -1.17. The zero-order valence-corrected chi connectivity index (χ0v) is 25.2. The molecule has 0 atom stereocenters. The second kappa shape index (κ2) is 11.6. The molecular formula is C35H28N5O5S+. The predicted octanol–water partition coefficient (Wildman–Crippen LogP) is 5.65. The molecule has 7 rings (SSSR count). The van der Waals surface area contributed by atoms with E-state index >= 15 is 0 Å². The molecule has 0 unspecified atom stereocenters. The van der Waals surface area contributed by atoms with Gasteiger partial charge in [0.2, 0.25) is 0 Å². The topological polar surface area (TPSA) is 140 Å². The van der Waals surface area contributed by atoms with E-state index in [0.717, 1.165) is 22.3 Å². The lowest BCUT2D eigenvalue weighted by Gasteiger charge is -2.34. The van der Waals surface area contributed by atoms with E-state index in [1.54, 1.807) is 16.8 Å². The van der Waals surface area contributed by atoms with Crippen molar-refractivity contribution in [2.45, 2.75) is 24.8 Å². The molecule has 0 fully saturated rings. The molecule has 5 N–H and O–H groups in total. The monoisotopic (exact) mass is 630 g/mol. The van der Waals surface area contributed by atoms with E-state index in [4.69, 9.17) is 32.5 Å². The number of aryl methyl sites for hydroxylation is 1. The molecular weight excluding hydrogens is 602 g/mol. The first-order valence-electron chi connectivity index (χ1n) is 14.6. The lowest BCUT2D eigenvalue weighted by atomic mass is 9.68. The van der Waals surface area contributed by atoms with Crippen LogP contribution < -0.4 is 30.5 Å². The van der Waals surface area contributed by atoms with Crippen LogP contribution in [0.15, 0.2) is 103 Å². The van der Waals surface area contributed by atoms with E-state index in [9.17, 15) is 9.59 Å². The van der Waals surface area contributed by atoms with Crippen molar-refractivity contribution in [2.75, 3.05) is 16.4 Å². The molecule has 0 saturated heterocycles. The fourth-order valence-corrected chi connectivity index (χ4v) is 6.31. The number of fused-ring (bicyclic) bond motifs is 6. The number of hydrogen-bond acceptors (Lipinski definition) is 7. The maximum absolute atomic E-state index is 13.8. The number of nitrogens with zero attached hydrogens (tertiary/aromatic N) is 2. The van der Waals surface area contributed by atoms with Gasteiger partial charge in [-0.2, -0.15) is 0 Å². The Hall–Kier alpha value is -5.81. The van der Waals surface area contributed by atoms with Crippen LogP contribution in [0, 0.1) is 0 Å². The molecule has 2 aliphatic rings. The normalized spacial score (nSPS) is 13.5. The molecule has 4 aromatic carbocycles.